The highest BCUT2D eigenvalue weighted by molar-refractivity contribution is 7.14. The second-order valence-corrected chi connectivity index (χ2v) is 6.22. The number of hydrogen-bond acceptors (Lipinski definition) is 4. The summed E-state index contributed by atoms with van der Waals surface area (Å²) in [7, 11) is 0. The second kappa shape index (κ2) is 6.60. The van der Waals surface area contributed by atoms with Gasteiger partial charge in [0.2, 0.25) is 0 Å². The van der Waals surface area contributed by atoms with Crippen molar-refractivity contribution in [3.8, 4) is 11.3 Å². The van der Waals surface area contributed by atoms with E-state index in [2.05, 4.69) is 16.9 Å². The summed E-state index contributed by atoms with van der Waals surface area (Å²) in [6.07, 6.45) is 3.10. The van der Waals surface area contributed by atoms with E-state index in [1.165, 1.54) is 0 Å². The molecular formula is C16H17ClN2OS. The summed E-state index contributed by atoms with van der Waals surface area (Å²) >= 11 is 7.89. The number of thiazole rings is 1. The number of anilines is 1. The van der Waals surface area contributed by atoms with E-state index in [4.69, 9.17) is 21.3 Å². The van der Waals surface area contributed by atoms with Gasteiger partial charge in [0.05, 0.1) is 18.4 Å². The smallest absolute Gasteiger partial charge is 0.185 e. The van der Waals surface area contributed by atoms with E-state index in [-0.39, 0.29) is 6.10 Å². The number of rotatable bonds is 5. The molecule has 1 aromatic carbocycles. The van der Waals surface area contributed by atoms with Crippen LogP contribution in [0.15, 0.2) is 42.3 Å². The van der Waals surface area contributed by atoms with Gasteiger partial charge in [-0.05, 0) is 12.5 Å². The first-order valence-corrected chi connectivity index (χ1v) is 8.21. The molecule has 1 aromatic heterocycles. The van der Waals surface area contributed by atoms with Crippen molar-refractivity contribution in [3.05, 3.63) is 47.3 Å². The lowest BCUT2D eigenvalue weighted by Crippen LogP contribution is -2.22. The topological polar surface area (TPSA) is 25.4 Å². The van der Waals surface area contributed by atoms with Gasteiger partial charge < -0.3 is 9.64 Å². The van der Waals surface area contributed by atoms with E-state index in [0.717, 1.165) is 40.9 Å². The van der Waals surface area contributed by atoms with Gasteiger partial charge in [-0.15, -0.1) is 17.9 Å². The van der Waals surface area contributed by atoms with Crippen molar-refractivity contribution in [2.24, 2.45) is 0 Å². The van der Waals surface area contributed by atoms with Gasteiger partial charge in [0.15, 0.2) is 5.13 Å². The van der Waals surface area contributed by atoms with Gasteiger partial charge in [0, 0.05) is 29.1 Å². The van der Waals surface area contributed by atoms with Crippen molar-refractivity contribution < 1.29 is 4.74 Å². The third-order valence-electron chi connectivity index (χ3n) is 3.51. The lowest BCUT2D eigenvalue weighted by molar-refractivity contribution is 0.0909. The highest BCUT2D eigenvalue weighted by Crippen LogP contribution is 2.33. The van der Waals surface area contributed by atoms with Gasteiger partial charge in [0.1, 0.15) is 0 Å². The second-order valence-electron chi connectivity index (χ2n) is 4.97. The molecule has 0 saturated carbocycles. The van der Waals surface area contributed by atoms with Gasteiger partial charge in [0.25, 0.3) is 0 Å². The summed E-state index contributed by atoms with van der Waals surface area (Å²) in [5, 5.41) is 3.84. The number of hydrogen-bond donors (Lipinski definition) is 0. The maximum atomic E-state index is 6.23. The molecule has 1 aliphatic rings. The molecule has 0 spiro atoms. The summed E-state index contributed by atoms with van der Waals surface area (Å²) < 4.78 is 5.71. The van der Waals surface area contributed by atoms with Gasteiger partial charge >= 0.3 is 0 Å². The van der Waals surface area contributed by atoms with Gasteiger partial charge in [-0.1, -0.05) is 35.9 Å². The van der Waals surface area contributed by atoms with Crippen molar-refractivity contribution in [2.75, 3.05) is 24.6 Å². The van der Waals surface area contributed by atoms with E-state index >= 15 is 0 Å². The SMILES string of the molecule is C=CCOC1CCN(c2nc(-c3ccccc3Cl)cs2)C1. The van der Waals surface area contributed by atoms with Crippen LogP contribution in [-0.4, -0.2) is 30.8 Å². The quantitative estimate of drug-likeness (QED) is 0.770. The summed E-state index contributed by atoms with van der Waals surface area (Å²) in [6.45, 7) is 6.17. The monoisotopic (exact) mass is 320 g/mol. The maximum absolute atomic E-state index is 6.23. The molecule has 1 aliphatic heterocycles. The first kappa shape index (κ1) is 14.6. The fourth-order valence-corrected chi connectivity index (χ4v) is 3.54. The number of ether oxygens (including phenoxy) is 1. The Morgan fingerprint density at radius 2 is 2.33 bits per heavy atom. The zero-order valence-electron chi connectivity index (χ0n) is 11.7. The Morgan fingerprint density at radius 1 is 1.48 bits per heavy atom. The van der Waals surface area contributed by atoms with E-state index in [9.17, 15) is 0 Å². The summed E-state index contributed by atoms with van der Waals surface area (Å²) in [5.41, 5.74) is 1.93. The fraction of sp³-hybridized carbons (Fsp3) is 0.312. The van der Waals surface area contributed by atoms with Crippen molar-refractivity contribution >= 4 is 28.1 Å². The third kappa shape index (κ3) is 3.28. The molecule has 0 aliphatic carbocycles. The van der Waals surface area contributed by atoms with Gasteiger partial charge in [-0.3, -0.25) is 0 Å². The van der Waals surface area contributed by atoms with Crippen LogP contribution in [0.1, 0.15) is 6.42 Å². The van der Waals surface area contributed by atoms with Crippen LogP contribution in [0.4, 0.5) is 5.13 Å². The molecule has 1 atom stereocenters. The van der Waals surface area contributed by atoms with E-state index in [0.29, 0.717) is 6.61 Å². The Kier molecular flexibility index (Phi) is 4.58. The maximum Gasteiger partial charge on any atom is 0.185 e. The predicted molar refractivity (Wildman–Crippen MR) is 89.3 cm³/mol. The molecule has 1 saturated heterocycles. The van der Waals surface area contributed by atoms with Crippen LogP contribution in [0.5, 0.6) is 0 Å². The molecule has 0 bridgehead atoms. The molecule has 110 valence electrons. The normalized spacial score (nSPS) is 18.1. The number of halogens is 1. The molecule has 0 radical (unpaired) electrons. The molecule has 5 heteroatoms. The average Bonchev–Trinajstić information content (AvgIpc) is 3.14. The van der Waals surface area contributed by atoms with Crippen LogP contribution < -0.4 is 4.90 Å². The Morgan fingerprint density at radius 3 is 3.14 bits per heavy atom. The van der Waals surface area contributed by atoms with Crippen LogP contribution in [0, 0.1) is 0 Å². The van der Waals surface area contributed by atoms with E-state index in [1.54, 1.807) is 17.4 Å². The Balaban J connectivity index is 1.71. The largest absolute Gasteiger partial charge is 0.372 e. The minimum absolute atomic E-state index is 0.274. The van der Waals surface area contributed by atoms with Crippen molar-refractivity contribution in [1.29, 1.82) is 0 Å². The molecule has 1 unspecified atom stereocenters. The Hall–Kier alpha value is -1.36. The summed E-state index contributed by atoms with van der Waals surface area (Å²) in [4.78, 5) is 7.00. The van der Waals surface area contributed by atoms with Gasteiger partial charge in [-0.25, -0.2) is 4.98 Å². The molecule has 2 aromatic rings. The van der Waals surface area contributed by atoms with E-state index in [1.807, 2.05) is 24.3 Å². The average molecular weight is 321 g/mol. The third-order valence-corrected chi connectivity index (χ3v) is 4.74. The van der Waals surface area contributed by atoms with Crippen LogP contribution in [-0.2, 0) is 4.74 Å². The highest BCUT2D eigenvalue weighted by Gasteiger charge is 2.25. The molecule has 21 heavy (non-hydrogen) atoms. The molecule has 3 rings (SSSR count). The summed E-state index contributed by atoms with van der Waals surface area (Å²) in [5.74, 6) is 0. The zero-order valence-corrected chi connectivity index (χ0v) is 13.2. The van der Waals surface area contributed by atoms with Crippen molar-refractivity contribution in [2.45, 2.75) is 12.5 Å². The van der Waals surface area contributed by atoms with Crippen LogP contribution in [0.25, 0.3) is 11.3 Å². The number of benzene rings is 1. The first-order valence-electron chi connectivity index (χ1n) is 6.96. The Bertz CT molecular complexity index is 628. The lowest BCUT2D eigenvalue weighted by atomic mass is 10.2. The lowest BCUT2D eigenvalue weighted by Gasteiger charge is -2.14. The molecule has 2 heterocycles. The number of nitrogens with zero attached hydrogens (tertiary/aromatic N) is 2. The minimum Gasteiger partial charge on any atom is -0.372 e. The summed E-state index contributed by atoms with van der Waals surface area (Å²) in [6, 6.07) is 7.81. The molecule has 1 fully saturated rings. The predicted octanol–water partition coefficient (Wildman–Crippen LogP) is 4.24. The van der Waals surface area contributed by atoms with Crippen molar-refractivity contribution in [1.82, 2.24) is 4.98 Å². The molecule has 0 N–H and O–H groups in total. The fourth-order valence-electron chi connectivity index (χ4n) is 2.44. The van der Waals surface area contributed by atoms with Crippen molar-refractivity contribution in [3.63, 3.8) is 0 Å². The first-order chi connectivity index (χ1) is 10.3. The van der Waals surface area contributed by atoms with Crippen LogP contribution in [0.3, 0.4) is 0 Å². The molecule has 0 amide bonds. The van der Waals surface area contributed by atoms with Crippen LogP contribution in [0.2, 0.25) is 5.02 Å². The standard InChI is InChI=1S/C16H17ClN2OS/c1-2-9-20-12-7-8-19(10-12)16-18-15(11-21-16)13-5-3-4-6-14(13)17/h2-6,11-12H,1,7-10H2. The Labute approximate surface area is 133 Å². The zero-order chi connectivity index (χ0) is 14.7. The molecular weight excluding hydrogens is 304 g/mol. The van der Waals surface area contributed by atoms with Gasteiger partial charge in [-0.2, -0.15) is 0 Å². The van der Waals surface area contributed by atoms with E-state index < -0.39 is 0 Å². The highest BCUT2D eigenvalue weighted by atomic mass is 35.5. The molecule has 3 nitrogen and oxygen atoms in total. The minimum atomic E-state index is 0.274. The van der Waals surface area contributed by atoms with Crippen LogP contribution >= 0.6 is 22.9 Å². The number of aromatic nitrogens is 1.